The Morgan fingerprint density at radius 2 is 1.93 bits per heavy atom. The predicted octanol–water partition coefficient (Wildman–Crippen LogP) is 4.43. The molecule has 0 atom stereocenters. The summed E-state index contributed by atoms with van der Waals surface area (Å²) in [6, 6.07) is 4.85. The van der Waals surface area contributed by atoms with Crippen molar-refractivity contribution in [1.82, 2.24) is 29.7 Å². The number of rotatable bonds is 7. The van der Waals surface area contributed by atoms with Crippen molar-refractivity contribution in [3.8, 4) is 0 Å². The molecular weight excluding hydrogens is 367 g/mol. The molecule has 0 amide bonds. The minimum Gasteiger partial charge on any atom is -0.361 e. The third kappa shape index (κ3) is 4.55. The zero-order valence-electron chi connectivity index (χ0n) is 17.2. The van der Waals surface area contributed by atoms with Crippen LogP contribution in [0.5, 0.6) is 0 Å². The molecule has 0 radical (unpaired) electrons. The molecule has 0 bridgehead atoms. The van der Waals surface area contributed by atoms with Crippen molar-refractivity contribution >= 4 is 10.9 Å². The van der Waals surface area contributed by atoms with Crippen molar-refractivity contribution in [2.24, 2.45) is 5.41 Å². The number of aryl methyl sites for hydroxylation is 1. The van der Waals surface area contributed by atoms with Crippen LogP contribution in [-0.2, 0) is 25.8 Å². The number of aromatic nitrogens is 6. The normalized spacial score (nSPS) is 12.1. The molecule has 29 heavy (non-hydrogen) atoms. The van der Waals surface area contributed by atoms with Crippen LogP contribution < -0.4 is 0 Å². The Kier molecular flexibility index (Phi) is 5.22. The first kappa shape index (κ1) is 19.4. The number of nitrogens with zero attached hydrogens (tertiary/aromatic N) is 4. The molecule has 0 aliphatic rings. The molecule has 4 aromatic rings. The van der Waals surface area contributed by atoms with E-state index in [4.69, 9.17) is 0 Å². The average Bonchev–Trinajstić information content (AvgIpc) is 3.37. The van der Waals surface area contributed by atoms with E-state index in [9.17, 15) is 4.39 Å². The minimum atomic E-state index is -0.236. The summed E-state index contributed by atoms with van der Waals surface area (Å²) in [5.41, 5.74) is 3.10. The molecule has 1 aromatic carbocycles. The van der Waals surface area contributed by atoms with Crippen molar-refractivity contribution < 1.29 is 4.39 Å². The van der Waals surface area contributed by atoms with E-state index in [1.165, 1.54) is 12.1 Å². The number of fused-ring (bicyclic) bond motifs is 1. The summed E-state index contributed by atoms with van der Waals surface area (Å²) in [6.45, 7) is 7.48. The number of benzene rings is 1. The van der Waals surface area contributed by atoms with Crippen LogP contribution in [0.15, 0.2) is 36.9 Å². The van der Waals surface area contributed by atoms with Crippen LogP contribution in [0, 0.1) is 11.2 Å². The Bertz CT molecular complexity index is 1080. The second kappa shape index (κ2) is 7.81. The first-order valence-corrected chi connectivity index (χ1v) is 10.0. The molecular formula is C22H27FN6. The molecule has 0 unspecified atom stereocenters. The van der Waals surface area contributed by atoms with Crippen molar-refractivity contribution in [3.05, 3.63) is 65.6 Å². The standard InChI is InChI=1S/C22H27FN6/c1-22(2,3)11-21-28-27-20(29(21)8-4-5-17-13-24-14-26-17)9-15-12-25-19-10-16(23)6-7-18(15)19/h6-7,10,12-14,25H,4-5,8-9,11H2,1-3H3,(H,24,26). The van der Waals surface area contributed by atoms with Gasteiger partial charge in [0.2, 0.25) is 0 Å². The molecule has 0 saturated heterocycles. The summed E-state index contributed by atoms with van der Waals surface area (Å²) in [7, 11) is 0. The third-order valence-electron chi connectivity index (χ3n) is 5.04. The van der Waals surface area contributed by atoms with Crippen LogP contribution in [-0.4, -0.2) is 29.7 Å². The maximum atomic E-state index is 13.5. The molecule has 0 spiro atoms. The fourth-order valence-corrected chi connectivity index (χ4v) is 3.69. The summed E-state index contributed by atoms with van der Waals surface area (Å²) >= 11 is 0. The molecule has 3 aromatic heterocycles. The quantitative estimate of drug-likeness (QED) is 0.487. The van der Waals surface area contributed by atoms with Crippen LogP contribution in [0.1, 0.15) is 50.1 Å². The van der Waals surface area contributed by atoms with Gasteiger partial charge in [0.1, 0.15) is 17.5 Å². The number of H-pyrrole nitrogens is 2. The van der Waals surface area contributed by atoms with Gasteiger partial charge in [0.05, 0.1) is 12.0 Å². The molecule has 7 heteroatoms. The summed E-state index contributed by atoms with van der Waals surface area (Å²) in [6.07, 6.45) is 8.98. The van der Waals surface area contributed by atoms with Crippen LogP contribution in [0.4, 0.5) is 4.39 Å². The van der Waals surface area contributed by atoms with Gasteiger partial charge in [-0.25, -0.2) is 9.37 Å². The Morgan fingerprint density at radius 1 is 1.10 bits per heavy atom. The third-order valence-corrected chi connectivity index (χ3v) is 5.04. The van der Waals surface area contributed by atoms with E-state index in [1.807, 2.05) is 18.5 Å². The van der Waals surface area contributed by atoms with Gasteiger partial charge in [-0.2, -0.15) is 0 Å². The van der Waals surface area contributed by atoms with E-state index in [0.717, 1.165) is 59.6 Å². The molecule has 0 aliphatic heterocycles. The van der Waals surface area contributed by atoms with Crippen LogP contribution >= 0.6 is 0 Å². The van der Waals surface area contributed by atoms with Gasteiger partial charge < -0.3 is 14.5 Å². The molecule has 2 N–H and O–H groups in total. The number of hydrogen-bond acceptors (Lipinski definition) is 3. The number of nitrogens with one attached hydrogen (secondary N) is 2. The Labute approximate surface area is 169 Å². The zero-order chi connectivity index (χ0) is 20.4. The average molecular weight is 394 g/mol. The van der Waals surface area contributed by atoms with Crippen LogP contribution in [0.2, 0.25) is 0 Å². The maximum Gasteiger partial charge on any atom is 0.137 e. The number of imidazole rings is 1. The van der Waals surface area contributed by atoms with E-state index < -0.39 is 0 Å². The maximum absolute atomic E-state index is 13.5. The highest BCUT2D eigenvalue weighted by Gasteiger charge is 2.20. The van der Waals surface area contributed by atoms with Gasteiger partial charge in [0.15, 0.2) is 0 Å². The lowest BCUT2D eigenvalue weighted by Gasteiger charge is -2.18. The van der Waals surface area contributed by atoms with Crippen molar-refractivity contribution in [3.63, 3.8) is 0 Å². The van der Waals surface area contributed by atoms with Gasteiger partial charge in [-0.3, -0.25) is 0 Å². The zero-order valence-corrected chi connectivity index (χ0v) is 17.2. The van der Waals surface area contributed by atoms with Crippen molar-refractivity contribution in [2.75, 3.05) is 0 Å². The van der Waals surface area contributed by atoms with E-state index in [-0.39, 0.29) is 11.2 Å². The summed E-state index contributed by atoms with van der Waals surface area (Å²) in [5.74, 6) is 1.72. The highest BCUT2D eigenvalue weighted by Crippen LogP contribution is 2.24. The second-order valence-corrected chi connectivity index (χ2v) is 8.77. The van der Waals surface area contributed by atoms with E-state index >= 15 is 0 Å². The van der Waals surface area contributed by atoms with Crippen molar-refractivity contribution in [1.29, 1.82) is 0 Å². The van der Waals surface area contributed by atoms with E-state index in [0.29, 0.717) is 6.42 Å². The molecule has 0 saturated carbocycles. The SMILES string of the molecule is CC(C)(C)Cc1nnc(Cc2c[nH]c3cc(F)ccc23)n1CCCc1c[nH]cn1. The first-order valence-electron chi connectivity index (χ1n) is 10.0. The Balaban J connectivity index is 1.59. The lowest BCUT2D eigenvalue weighted by molar-refractivity contribution is 0.389. The number of hydrogen-bond donors (Lipinski definition) is 2. The van der Waals surface area contributed by atoms with Crippen LogP contribution in [0.3, 0.4) is 0 Å². The predicted molar refractivity (Wildman–Crippen MR) is 111 cm³/mol. The first-order chi connectivity index (χ1) is 13.9. The molecule has 6 nitrogen and oxygen atoms in total. The molecule has 3 heterocycles. The summed E-state index contributed by atoms with van der Waals surface area (Å²) < 4.78 is 15.8. The van der Waals surface area contributed by atoms with Gasteiger partial charge in [-0.1, -0.05) is 20.8 Å². The van der Waals surface area contributed by atoms with Gasteiger partial charge in [0.25, 0.3) is 0 Å². The molecule has 4 rings (SSSR count). The number of aromatic amines is 2. The smallest absolute Gasteiger partial charge is 0.137 e. The van der Waals surface area contributed by atoms with Crippen molar-refractivity contribution in [2.45, 2.75) is 53.0 Å². The minimum absolute atomic E-state index is 0.128. The Morgan fingerprint density at radius 3 is 2.69 bits per heavy atom. The summed E-state index contributed by atoms with van der Waals surface area (Å²) in [4.78, 5) is 10.5. The Hall–Kier alpha value is -2.96. The summed E-state index contributed by atoms with van der Waals surface area (Å²) in [5, 5.41) is 10.1. The van der Waals surface area contributed by atoms with Gasteiger partial charge in [0, 0.05) is 42.7 Å². The van der Waals surface area contributed by atoms with Gasteiger partial charge >= 0.3 is 0 Å². The molecule has 0 fully saturated rings. The van der Waals surface area contributed by atoms with Crippen LogP contribution in [0.25, 0.3) is 10.9 Å². The monoisotopic (exact) mass is 394 g/mol. The van der Waals surface area contributed by atoms with E-state index in [1.54, 1.807) is 6.33 Å². The van der Waals surface area contributed by atoms with Gasteiger partial charge in [-0.05, 0) is 42.0 Å². The topological polar surface area (TPSA) is 75.2 Å². The fraction of sp³-hybridized carbons (Fsp3) is 0.409. The molecule has 0 aliphatic carbocycles. The molecule has 152 valence electrons. The highest BCUT2D eigenvalue weighted by molar-refractivity contribution is 5.83. The lowest BCUT2D eigenvalue weighted by Crippen LogP contribution is -2.16. The second-order valence-electron chi connectivity index (χ2n) is 8.77. The number of halogens is 1. The highest BCUT2D eigenvalue weighted by atomic mass is 19.1. The lowest BCUT2D eigenvalue weighted by atomic mass is 9.92. The van der Waals surface area contributed by atoms with Gasteiger partial charge in [-0.15, -0.1) is 10.2 Å². The fourth-order valence-electron chi connectivity index (χ4n) is 3.69. The van der Waals surface area contributed by atoms with E-state index in [2.05, 4.69) is 50.5 Å². The largest absolute Gasteiger partial charge is 0.361 e.